The van der Waals surface area contributed by atoms with Gasteiger partial charge in [-0.2, -0.15) is 0 Å². The van der Waals surface area contributed by atoms with Crippen molar-refractivity contribution in [2.75, 3.05) is 11.4 Å². The molecule has 114 valence electrons. The molecule has 2 rings (SSSR count). The van der Waals surface area contributed by atoms with Gasteiger partial charge in [-0.05, 0) is 43.0 Å². The standard InChI is InChI=1S/C16H21BrN2O2/c1-4-11-9-12(17)7-8-13(11)19-10-14(20)18-16(5-2,6-3)15(19)21/h7-9H,4-6,10H2,1-3H3,(H,18,20). The van der Waals surface area contributed by atoms with Gasteiger partial charge in [0, 0.05) is 10.2 Å². The smallest absolute Gasteiger partial charge is 0.253 e. The van der Waals surface area contributed by atoms with Crippen molar-refractivity contribution in [1.82, 2.24) is 5.32 Å². The summed E-state index contributed by atoms with van der Waals surface area (Å²) in [7, 11) is 0. The number of halogens is 1. The first kappa shape index (κ1) is 16.0. The monoisotopic (exact) mass is 352 g/mol. The van der Waals surface area contributed by atoms with E-state index in [1.54, 1.807) is 4.90 Å². The van der Waals surface area contributed by atoms with Crippen molar-refractivity contribution >= 4 is 33.4 Å². The van der Waals surface area contributed by atoms with Gasteiger partial charge in [-0.25, -0.2) is 0 Å². The molecule has 0 aliphatic carbocycles. The van der Waals surface area contributed by atoms with Gasteiger partial charge in [0.15, 0.2) is 0 Å². The number of hydrogen-bond donors (Lipinski definition) is 1. The Labute approximate surface area is 134 Å². The van der Waals surface area contributed by atoms with E-state index in [9.17, 15) is 9.59 Å². The summed E-state index contributed by atoms with van der Waals surface area (Å²) in [5, 5.41) is 2.89. The Kier molecular flexibility index (Phi) is 4.71. The van der Waals surface area contributed by atoms with Gasteiger partial charge in [0.2, 0.25) is 5.91 Å². The largest absolute Gasteiger partial charge is 0.340 e. The zero-order valence-electron chi connectivity index (χ0n) is 12.7. The number of piperazine rings is 1. The van der Waals surface area contributed by atoms with E-state index in [0.717, 1.165) is 22.1 Å². The van der Waals surface area contributed by atoms with Crippen molar-refractivity contribution in [3.8, 4) is 0 Å². The van der Waals surface area contributed by atoms with Crippen LogP contribution >= 0.6 is 15.9 Å². The molecule has 1 aliphatic heterocycles. The zero-order valence-corrected chi connectivity index (χ0v) is 14.3. The van der Waals surface area contributed by atoms with E-state index in [4.69, 9.17) is 0 Å². The average molecular weight is 353 g/mol. The van der Waals surface area contributed by atoms with Crippen molar-refractivity contribution in [2.45, 2.75) is 45.6 Å². The number of anilines is 1. The number of aryl methyl sites for hydroxylation is 1. The lowest BCUT2D eigenvalue weighted by Gasteiger charge is -2.41. The lowest BCUT2D eigenvalue weighted by Crippen LogP contribution is -2.66. The third-order valence-corrected chi connectivity index (χ3v) is 4.75. The van der Waals surface area contributed by atoms with Crippen LogP contribution in [0.4, 0.5) is 5.69 Å². The first-order valence-electron chi connectivity index (χ1n) is 7.38. The summed E-state index contributed by atoms with van der Waals surface area (Å²) in [6, 6.07) is 5.83. The van der Waals surface area contributed by atoms with Crippen molar-refractivity contribution in [2.24, 2.45) is 0 Å². The van der Waals surface area contributed by atoms with Crippen LogP contribution < -0.4 is 10.2 Å². The summed E-state index contributed by atoms with van der Waals surface area (Å²) in [6.45, 7) is 6.02. The summed E-state index contributed by atoms with van der Waals surface area (Å²) < 4.78 is 0.981. The third-order valence-electron chi connectivity index (χ3n) is 4.26. The number of nitrogens with one attached hydrogen (secondary N) is 1. The molecule has 1 aromatic carbocycles. The van der Waals surface area contributed by atoms with Gasteiger partial charge in [0.1, 0.15) is 12.1 Å². The second-order valence-corrected chi connectivity index (χ2v) is 6.27. The van der Waals surface area contributed by atoms with E-state index in [-0.39, 0.29) is 18.4 Å². The van der Waals surface area contributed by atoms with E-state index in [0.29, 0.717) is 12.8 Å². The first-order chi connectivity index (χ1) is 9.97. The molecular weight excluding hydrogens is 332 g/mol. The summed E-state index contributed by atoms with van der Waals surface area (Å²) in [6.07, 6.45) is 2.01. The Morgan fingerprint density at radius 2 is 1.90 bits per heavy atom. The maximum atomic E-state index is 12.9. The number of benzene rings is 1. The van der Waals surface area contributed by atoms with Gasteiger partial charge in [-0.3, -0.25) is 9.59 Å². The summed E-state index contributed by atoms with van der Waals surface area (Å²) >= 11 is 3.46. The highest BCUT2D eigenvalue weighted by atomic mass is 79.9. The Bertz CT molecular complexity index is 567. The van der Waals surface area contributed by atoms with Crippen molar-refractivity contribution in [3.63, 3.8) is 0 Å². The van der Waals surface area contributed by atoms with Gasteiger partial charge in [-0.15, -0.1) is 0 Å². The third kappa shape index (κ3) is 2.84. The van der Waals surface area contributed by atoms with Crippen LogP contribution in [0.2, 0.25) is 0 Å². The molecule has 0 unspecified atom stereocenters. The molecule has 1 saturated heterocycles. The molecule has 1 heterocycles. The van der Waals surface area contributed by atoms with Gasteiger partial charge < -0.3 is 10.2 Å². The van der Waals surface area contributed by atoms with Crippen molar-refractivity contribution < 1.29 is 9.59 Å². The van der Waals surface area contributed by atoms with Crippen LogP contribution in [0.3, 0.4) is 0 Å². The molecule has 0 aromatic heterocycles. The van der Waals surface area contributed by atoms with Crippen LogP contribution in [0.1, 0.15) is 39.2 Å². The van der Waals surface area contributed by atoms with Crippen LogP contribution in [0, 0.1) is 0 Å². The predicted octanol–water partition coefficient (Wildman–Crippen LogP) is 3.03. The maximum Gasteiger partial charge on any atom is 0.253 e. The number of carbonyl (C=O) groups is 2. The molecule has 4 nitrogen and oxygen atoms in total. The molecule has 0 spiro atoms. The highest BCUT2D eigenvalue weighted by Crippen LogP contribution is 2.30. The van der Waals surface area contributed by atoms with Crippen LogP contribution in [0.25, 0.3) is 0 Å². The Hall–Kier alpha value is -1.36. The highest BCUT2D eigenvalue weighted by molar-refractivity contribution is 9.10. The topological polar surface area (TPSA) is 49.4 Å². The normalized spacial score (nSPS) is 17.8. The molecule has 0 saturated carbocycles. The van der Waals surface area contributed by atoms with Crippen LogP contribution in [0.5, 0.6) is 0 Å². The van der Waals surface area contributed by atoms with Crippen molar-refractivity contribution in [1.29, 1.82) is 0 Å². The minimum Gasteiger partial charge on any atom is -0.340 e. The fourth-order valence-corrected chi connectivity index (χ4v) is 3.27. The van der Waals surface area contributed by atoms with E-state index in [1.165, 1.54) is 0 Å². The SMILES string of the molecule is CCc1cc(Br)ccc1N1CC(=O)NC(CC)(CC)C1=O. The molecule has 5 heteroatoms. The fraction of sp³-hybridized carbons (Fsp3) is 0.500. The molecule has 0 bridgehead atoms. The van der Waals surface area contributed by atoms with E-state index in [1.807, 2.05) is 39.0 Å². The average Bonchev–Trinajstić information content (AvgIpc) is 2.49. The van der Waals surface area contributed by atoms with E-state index < -0.39 is 5.54 Å². The van der Waals surface area contributed by atoms with Crippen molar-refractivity contribution in [3.05, 3.63) is 28.2 Å². The lowest BCUT2D eigenvalue weighted by atomic mass is 9.88. The lowest BCUT2D eigenvalue weighted by molar-refractivity contribution is -0.136. The van der Waals surface area contributed by atoms with Crippen LogP contribution in [-0.2, 0) is 16.0 Å². The molecule has 1 aromatic rings. The van der Waals surface area contributed by atoms with Gasteiger partial charge in [-0.1, -0.05) is 36.7 Å². The minimum absolute atomic E-state index is 0.0101. The molecular formula is C16H21BrN2O2. The molecule has 1 N–H and O–H groups in total. The highest BCUT2D eigenvalue weighted by Gasteiger charge is 2.44. The molecule has 0 radical (unpaired) electrons. The second kappa shape index (κ2) is 6.18. The number of carbonyl (C=O) groups excluding carboxylic acids is 2. The quantitative estimate of drug-likeness (QED) is 0.905. The van der Waals surface area contributed by atoms with Crippen LogP contribution in [-0.4, -0.2) is 23.9 Å². The number of rotatable bonds is 4. The Morgan fingerprint density at radius 1 is 1.24 bits per heavy atom. The first-order valence-corrected chi connectivity index (χ1v) is 8.18. The fourth-order valence-electron chi connectivity index (χ4n) is 2.86. The molecule has 1 aliphatic rings. The Morgan fingerprint density at radius 3 is 2.48 bits per heavy atom. The molecule has 2 amide bonds. The van der Waals surface area contributed by atoms with E-state index >= 15 is 0 Å². The number of nitrogens with zero attached hydrogens (tertiary/aromatic N) is 1. The van der Waals surface area contributed by atoms with Gasteiger partial charge in [0.25, 0.3) is 5.91 Å². The number of hydrogen-bond acceptors (Lipinski definition) is 2. The summed E-state index contributed by atoms with van der Waals surface area (Å²) in [4.78, 5) is 26.6. The van der Waals surface area contributed by atoms with E-state index in [2.05, 4.69) is 21.2 Å². The summed E-state index contributed by atoms with van der Waals surface area (Å²) in [5.74, 6) is -0.104. The molecule has 1 fully saturated rings. The summed E-state index contributed by atoms with van der Waals surface area (Å²) in [5.41, 5.74) is 1.13. The van der Waals surface area contributed by atoms with Gasteiger partial charge in [0.05, 0.1) is 0 Å². The molecule has 0 atom stereocenters. The predicted molar refractivity (Wildman–Crippen MR) is 87.3 cm³/mol. The molecule has 21 heavy (non-hydrogen) atoms. The maximum absolute atomic E-state index is 12.9. The Balaban J connectivity index is 2.47. The zero-order chi connectivity index (χ0) is 15.6. The minimum atomic E-state index is -0.770. The van der Waals surface area contributed by atoms with Gasteiger partial charge >= 0.3 is 0 Å². The second-order valence-electron chi connectivity index (χ2n) is 5.36. The van der Waals surface area contributed by atoms with Crippen LogP contribution in [0.15, 0.2) is 22.7 Å². The number of amides is 2.